The standard InChI is InChI=1S/C21H24N2O4/c1-26-18-9-6-16(7-10-18)8-11-20(24)23-12-2-4-17(15-23)14-22-21(25)19-5-3-13-27-19/h3,5-11,13,17H,2,4,12,14-15H2,1H3,(H,22,25). The molecule has 0 radical (unpaired) electrons. The van der Waals surface area contributed by atoms with Crippen LogP contribution in [0, 0.1) is 5.92 Å². The largest absolute Gasteiger partial charge is 0.497 e. The molecule has 6 heteroatoms. The number of ether oxygens (including phenoxy) is 1. The Kier molecular flexibility index (Phi) is 6.30. The molecule has 1 fully saturated rings. The van der Waals surface area contributed by atoms with Gasteiger partial charge in [-0.1, -0.05) is 12.1 Å². The summed E-state index contributed by atoms with van der Waals surface area (Å²) in [6.07, 6.45) is 6.81. The first-order chi connectivity index (χ1) is 13.2. The predicted molar refractivity (Wildman–Crippen MR) is 102 cm³/mol. The number of likely N-dealkylation sites (tertiary alicyclic amines) is 1. The fraction of sp³-hybridized carbons (Fsp3) is 0.333. The minimum atomic E-state index is -0.220. The van der Waals surface area contributed by atoms with Gasteiger partial charge in [-0.05, 0) is 54.7 Å². The van der Waals surface area contributed by atoms with Gasteiger partial charge < -0.3 is 19.4 Å². The van der Waals surface area contributed by atoms with Crippen LogP contribution in [-0.2, 0) is 4.79 Å². The van der Waals surface area contributed by atoms with Gasteiger partial charge in [-0.2, -0.15) is 0 Å². The Morgan fingerprint density at radius 1 is 1.30 bits per heavy atom. The van der Waals surface area contributed by atoms with Crippen molar-refractivity contribution in [2.45, 2.75) is 12.8 Å². The summed E-state index contributed by atoms with van der Waals surface area (Å²) in [5.74, 6) is 1.11. The molecule has 1 N–H and O–H groups in total. The summed E-state index contributed by atoms with van der Waals surface area (Å²) in [6.45, 7) is 1.92. The van der Waals surface area contributed by atoms with Gasteiger partial charge in [0.15, 0.2) is 5.76 Å². The van der Waals surface area contributed by atoms with Gasteiger partial charge in [-0.15, -0.1) is 0 Å². The highest BCUT2D eigenvalue weighted by Gasteiger charge is 2.23. The van der Waals surface area contributed by atoms with Crippen LogP contribution in [0.25, 0.3) is 6.08 Å². The molecule has 1 saturated heterocycles. The van der Waals surface area contributed by atoms with E-state index in [1.54, 1.807) is 25.3 Å². The van der Waals surface area contributed by atoms with Crippen LogP contribution >= 0.6 is 0 Å². The number of furan rings is 1. The van der Waals surface area contributed by atoms with Crippen molar-refractivity contribution >= 4 is 17.9 Å². The fourth-order valence-corrected chi connectivity index (χ4v) is 3.15. The molecule has 2 amide bonds. The summed E-state index contributed by atoms with van der Waals surface area (Å²) >= 11 is 0. The van der Waals surface area contributed by atoms with Crippen molar-refractivity contribution in [1.29, 1.82) is 0 Å². The van der Waals surface area contributed by atoms with Crippen molar-refractivity contribution in [2.24, 2.45) is 5.92 Å². The minimum Gasteiger partial charge on any atom is -0.497 e. The zero-order chi connectivity index (χ0) is 19.1. The number of piperidine rings is 1. The first-order valence-corrected chi connectivity index (χ1v) is 9.08. The van der Waals surface area contributed by atoms with Gasteiger partial charge in [-0.3, -0.25) is 9.59 Å². The van der Waals surface area contributed by atoms with Crippen LogP contribution in [0.15, 0.2) is 53.2 Å². The maximum atomic E-state index is 12.5. The highest BCUT2D eigenvalue weighted by Crippen LogP contribution is 2.17. The van der Waals surface area contributed by atoms with Crippen LogP contribution < -0.4 is 10.1 Å². The molecule has 1 unspecified atom stereocenters. The summed E-state index contributed by atoms with van der Waals surface area (Å²) in [7, 11) is 1.62. The summed E-state index contributed by atoms with van der Waals surface area (Å²) in [6, 6.07) is 10.9. The molecule has 0 spiro atoms. The van der Waals surface area contributed by atoms with Crippen LogP contribution in [0.2, 0.25) is 0 Å². The van der Waals surface area contributed by atoms with Crippen LogP contribution in [0.1, 0.15) is 29.0 Å². The minimum absolute atomic E-state index is 0.00659. The molecule has 1 aromatic heterocycles. The van der Waals surface area contributed by atoms with Crippen molar-refractivity contribution < 1.29 is 18.7 Å². The lowest BCUT2D eigenvalue weighted by molar-refractivity contribution is -0.127. The Morgan fingerprint density at radius 2 is 2.11 bits per heavy atom. The number of methoxy groups -OCH3 is 1. The summed E-state index contributed by atoms with van der Waals surface area (Å²) in [5, 5.41) is 2.88. The number of hydrogen-bond donors (Lipinski definition) is 1. The number of nitrogens with one attached hydrogen (secondary N) is 1. The van der Waals surface area contributed by atoms with Gasteiger partial charge >= 0.3 is 0 Å². The van der Waals surface area contributed by atoms with Crippen molar-refractivity contribution in [3.8, 4) is 5.75 Å². The monoisotopic (exact) mass is 368 g/mol. The number of hydrogen-bond acceptors (Lipinski definition) is 4. The average Bonchev–Trinajstić information content (AvgIpc) is 3.26. The molecular weight excluding hydrogens is 344 g/mol. The number of nitrogens with zero attached hydrogens (tertiary/aromatic N) is 1. The van der Waals surface area contributed by atoms with Gasteiger partial charge in [-0.25, -0.2) is 0 Å². The molecule has 1 aliphatic heterocycles. The summed E-state index contributed by atoms with van der Waals surface area (Å²) in [4.78, 5) is 26.3. The number of benzene rings is 1. The SMILES string of the molecule is COc1ccc(C=CC(=O)N2CCCC(CNC(=O)c3ccco3)C2)cc1. The van der Waals surface area contributed by atoms with E-state index in [0.29, 0.717) is 18.8 Å². The predicted octanol–water partition coefficient (Wildman–Crippen LogP) is 2.97. The van der Waals surface area contributed by atoms with Crippen LogP contribution in [0.3, 0.4) is 0 Å². The van der Waals surface area contributed by atoms with Gasteiger partial charge in [0.2, 0.25) is 5.91 Å². The van der Waals surface area contributed by atoms with Crippen molar-refractivity contribution in [1.82, 2.24) is 10.2 Å². The van der Waals surface area contributed by atoms with E-state index >= 15 is 0 Å². The lowest BCUT2D eigenvalue weighted by Crippen LogP contribution is -2.43. The highest BCUT2D eigenvalue weighted by atomic mass is 16.5. The molecule has 6 nitrogen and oxygen atoms in total. The zero-order valence-electron chi connectivity index (χ0n) is 15.4. The first kappa shape index (κ1) is 18.8. The number of rotatable bonds is 6. The third-order valence-electron chi connectivity index (χ3n) is 4.66. The second-order valence-corrected chi connectivity index (χ2v) is 6.59. The van der Waals surface area contributed by atoms with Crippen LogP contribution in [-0.4, -0.2) is 43.5 Å². The molecule has 142 valence electrons. The van der Waals surface area contributed by atoms with Gasteiger partial charge in [0.25, 0.3) is 5.91 Å². The maximum absolute atomic E-state index is 12.5. The molecule has 1 aromatic carbocycles. The van der Waals surface area contributed by atoms with E-state index in [2.05, 4.69) is 5.32 Å². The van der Waals surface area contributed by atoms with Crippen molar-refractivity contribution in [3.05, 3.63) is 60.1 Å². The molecule has 0 bridgehead atoms. The van der Waals surface area contributed by atoms with E-state index < -0.39 is 0 Å². The molecular formula is C21H24N2O4. The molecule has 2 aromatic rings. The zero-order valence-corrected chi connectivity index (χ0v) is 15.4. The molecule has 2 heterocycles. The highest BCUT2D eigenvalue weighted by molar-refractivity contribution is 5.92. The fourth-order valence-electron chi connectivity index (χ4n) is 3.15. The second kappa shape index (κ2) is 9.07. The van der Waals surface area contributed by atoms with Crippen LogP contribution in [0.4, 0.5) is 0 Å². The van der Waals surface area contributed by atoms with E-state index in [9.17, 15) is 9.59 Å². The van der Waals surface area contributed by atoms with Gasteiger partial charge in [0.1, 0.15) is 5.75 Å². The smallest absolute Gasteiger partial charge is 0.286 e. The quantitative estimate of drug-likeness (QED) is 0.796. The second-order valence-electron chi connectivity index (χ2n) is 6.59. The average molecular weight is 368 g/mol. The Labute approximate surface area is 158 Å². The lowest BCUT2D eigenvalue weighted by Gasteiger charge is -2.32. The maximum Gasteiger partial charge on any atom is 0.286 e. The molecule has 1 atom stereocenters. The summed E-state index contributed by atoms with van der Waals surface area (Å²) in [5.41, 5.74) is 0.948. The van der Waals surface area contributed by atoms with E-state index in [0.717, 1.165) is 30.7 Å². The molecule has 0 saturated carbocycles. The van der Waals surface area contributed by atoms with Crippen LogP contribution in [0.5, 0.6) is 5.75 Å². The third-order valence-corrected chi connectivity index (χ3v) is 4.66. The Hall–Kier alpha value is -3.02. The Bertz CT molecular complexity index is 781. The van der Waals surface area contributed by atoms with E-state index in [-0.39, 0.29) is 17.7 Å². The normalized spacial score (nSPS) is 17.1. The first-order valence-electron chi connectivity index (χ1n) is 9.08. The molecule has 27 heavy (non-hydrogen) atoms. The Balaban J connectivity index is 1.49. The third kappa shape index (κ3) is 5.23. The molecule has 3 rings (SSSR count). The number of amides is 2. The van der Waals surface area contributed by atoms with E-state index in [1.165, 1.54) is 6.26 Å². The molecule has 1 aliphatic rings. The number of carbonyl (C=O) groups excluding carboxylic acids is 2. The summed E-state index contributed by atoms with van der Waals surface area (Å²) < 4.78 is 10.2. The topological polar surface area (TPSA) is 71.8 Å². The van der Waals surface area contributed by atoms with Gasteiger partial charge in [0, 0.05) is 25.7 Å². The molecule has 0 aliphatic carbocycles. The lowest BCUT2D eigenvalue weighted by atomic mass is 9.98. The Morgan fingerprint density at radius 3 is 2.81 bits per heavy atom. The van der Waals surface area contributed by atoms with Crippen molar-refractivity contribution in [3.63, 3.8) is 0 Å². The number of carbonyl (C=O) groups is 2. The van der Waals surface area contributed by atoms with Crippen molar-refractivity contribution in [2.75, 3.05) is 26.7 Å². The van der Waals surface area contributed by atoms with E-state index in [4.69, 9.17) is 9.15 Å². The van der Waals surface area contributed by atoms with Gasteiger partial charge in [0.05, 0.1) is 13.4 Å². The van der Waals surface area contributed by atoms with E-state index in [1.807, 2.05) is 35.2 Å².